The lowest BCUT2D eigenvalue weighted by atomic mass is 10.1. The van der Waals surface area contributed by atoms with Crippen LogP contribution in [-0.2, 0) is 19.7 Å². The van der Waals surface area contributed by atoms with Gasteiger partial charge in [-0.3, -0.25) is 0 Å². The molecule has 3 nitrogen and oxygen atoms in total. The first-order valence-corrected chi connectivity index (χ1v) is 8.18. The third kappa shape index (κ3) is 4.65. The first kappa shape index (κ1) is 16.2. The summed E-state index contributed by atoms with van der Waals surface area (Å²) in [4.78, 5) is 0. The van der Waals surface area contributed by atoms with Crippen molar-refractivity contribution in [2.45, 2.75) is 25.8 Å². The molecular formula is C13H20F2O3Si. The molecule has 0 unspecified atom stereocenters. The fourth-order valence-electron chi connectivity index (χ4n) is 1.92. The van der Waals surface area contributed by atoms with E-state index >= 15 is 0 Å². The Morgan fingerprint density at radius 1 is 1.16 bits per heavy atom. The summed E-state index contributed by atoms with van der Waals surface area (Å²) < 4.78 is 42.5. The maximum absolute atomic E-state index is 13.5. The van der Waals surface area contributed by atoms with Gasteiger partial charge in [-0.15, -0.1) is 0 Å². The lowest BCUT2D eigenvalue weighted by Gasteiger charge is -2.25. The molecule has 0 heterocycles. The van der Waals surface area contributed by atoms with Crippen molar-refractivity contribution in [2.24, 2.45) is 0 Å². The van der Waals surface area contributed by atoms with Crippen LogP contribution in [0, 0.1) is 11.6 Å². The van der Waals surface area contributed by atoms with E-state index in [4.69, 9.17) is 13.3 Å². The molecule has 0 aliphatic rings. The fourth-order valence-corrected chi connectivity index (χ4v) is 3.92. The summed E-state index contributed by atoms with van der Waals surface area (Å²) >= 11 is 0. The molecule has 0 spiro atoms. The molecule has 0 aliphatic heterocycles. The maximum atomic E-state index is 13.5. The van der Waals surface area contributed by atoms with E-state index in [9.17, 15) is 8.78 Å². The van der Waals surface area contributed by atoms with Crippen LogP contribution in [0.4, 0.5) is 8.78 Å². The first-order valence-electron chi connectivity index (χ1n) is 6.25. The van der Waals surface area contributed by atoms with Crippen molar-refractivity contribution in [1.29, 1.82) is 0 Å². The predicted molar refractivity (Wildman–Crippen MR) is 70.9 cm³/mol. The Morgan fingerprint density at radius 2 is 1.84 bits per heavy atom. The molecule has 0 N–H and O–H groups in total. The van der Waals surface area contributed by atoms with Crippen LogP contribution >= 0.6 is 0 Å². The maximum Gasteiger partial charge on any atom is 0.500 e. The zero-order valence-corrected chi connectivity index (χ0v) is 12.5. The number of benzene rings is 1. The van der Waals surface area contributed by atoms with Gasteiger partial charge >= 0.3 is 8.80 Å². The van der Waals surface area contributed by atoms with Crippen molar-refractivity contribution in [3.05, 3.63) is 35.4 Å². The molecule has 0 aliphatic carbocycles. The summed E-state index contributed by atoms with van der Waals surface area (Å²) in [7, 11) is 0.497. The van der Waals surface area contributed by atoms with Gasteiger partial charge in [-0.1, -0.05) is 6.07 Å². The van der Waals surface area contributed by atoms with E-state index < -0.39 is 20.4 Å². The molecule has 19 heavy (non-hydrogen) atoms. The van der Waals surface area contributed by atoms with Gasteiger partial charge in [0.2, 0.25) is 0 Å². The molecule has 1 rings (SSSR count). The van der Waals surface area contributed by atoms with Crippen molar-refractivity contribution >= 4 is 8.80 Å². The van der Waals surface area contributed by atoms with Crippen LogP contribution < -0.4 is 0 Å². The van der Waals surface area contributed by atoms with E-state index in [1.807, 2.05) is 6.92 Å². The van der Waals surface area contributed by atoms with Crippen LogP contribution in [0.2, 0.25) is 6.04 Å². The number of aryl methyl sites for hydroxylation is 1. The quantitative estimate of drug-likeness (QED) is 0.688. The predicted octanol–water partition coefficient (Wildman–Crippen LogP) is 3.17. The molecular weight excluding hydrogens is 270 g/mol. The second-order valence-corrected chi connectivity index (χ2v) is 7.08. The molecule has 6 heteroatoms. The highest BCUT2D eigenvalue weighted by Gasteiger charge is 2.37. The monoisotopic (exact) mass is 290 g/mol. The van der Waals surface area contributed by atoms with E-state index in [1.54, 1.807) is 14.2 Å². The summed E-state index contributed by atoms with van der Waals surface area (Å²) in [6, 6.07) is 4.23. The minimum absolute atomic E-state index is 0.494. The van der Waals surface area contributed by atoms with Gasteiger partial charge in [0.25, 0.3) is 0 Å². The Bertz CT molecular complexity index is 397. The summed E-state index contributed by atoms with van der Waals surface area (Å²) in [5, 5.41) is 0. The molecule has 0 aromatic heterocycles. The molecule has 108 valence electrons. The van der Waals surface area contributed by atoms with Crippen molar-refractivity contribution in [1.82, 2.24) is 0 Å². The number of hydrogen-bond donors (Lipinski definition) is 0. The van der Waals surface area contributed by atoms with Crippen molar-refractivity contribution < 1.29 is 22.1 Å². The van der Waals surface area contributed by atoms with Gasteiger partial charge < -0.3 is 13.3 Å². The molecule has 1 aromatic rings. The lowest BCUT2D eigenvalue weighted by Crippen LogP contribution is -2.43. The fraction of sp³-hybridized carbons (Fsp3) is 0.538. The normalized spacial score (nSPS) is 11.8. The molecule has 1 aromatic carbocycles. The van der Waals surface area contributed by atoms with E-state index in [0.29, 0.717) is 31.1 Å². The molecule has 0 radical (unpaired) electrons. The van der Waals surface area contributed by atoms with Gasteiger partial charge in [0.1, 0.15) is 11.6 Å². The zero-order valence-electron chi connectivity index (χ0n) is 11.5. The van der Waals surface area contributed by atoms with Crippen LogP contribution in [0.1, 0.15) is 18.9 Å². The van der Waals surface area contributed by atoms with Crippen molar-refractivity contribution in [3.8, 4) is 0 Å². The highest BCUT2D eigenvalue weighted by atomic mass is 28.4. The van der Waals surface area contributed by atoms with E-state index in [1.165, 1.54) is 12.1 Å². The minimum Gasteiger partial charge on any atom is -0.377 e. The van der Waals surface area contributed by atoms with Gasteiger partial charge in [0.05, 0.1) is 0 Å². The van der Waals surface area contributed by atoms with Gasteiger partial charge in [-0.2, -0.15) is 0 Å². The van der Waals surface area contributed by atoms with Crippen LogP contribution in [0.5, 0.6) is 0 Å². The summed E-state index contributed by atoms with van der Waals surface area (Å²) in [5.41, 5.74) is 0.494. The molecule has 0 amide bonds. The van der Waals surface area contributed by atoms with Crippen LogP contribution in [0.15, 0.2) is 18.2 Å². The smallest absolute Gasteiger partial charge is 0.377 e. The highest BCUT2D eigenvalue weighted by Crippen LogP contribution is 2.19. The number of halogens is 2. The molecule has 0 atom stereocenters. The Morgan fingerprint density at radius 3 is 2.37 bits per heavy atom. The van der Waals surface area contributed by atoms with Gasteiger partial charge in [-0.25, -0.2) is 8.78 Å². The molecule has 0 saturated heterocycles. The lowest BCUT2D eigenvalue weighted by molar-refractivity contribution is 0.103. The van der Waals surface area contributed by atoms with E-state index in [0.717, 1.165) is 6.07 Å². The van der Waals surface area contributed by atoms with Crippen molar-refractivity contribution in [2.75, 3.05) is 20.8 Å². The highest BCUT2D eigenvalue weighted by molar-refractivity contribution is 6.60. The number of hydrogen-bond acceptors (Lipinski definition) is 3. The number of rotatable bonds is 8. The second-order valence-electron chi connectivity index (χ2n) is 4.11. The van der Waals surface area contributed by atoms with Crippen LogP contribution in [0.25, 0.3) is 0 Å². The minimum atomic E-state index is -2.62. The Kier molecular flexibility index (Phi) is 6.57. The van der Waals surface area contributed by atoms with E-state index in [-0.39, 0.29) is 0 Å². The standard InChI is InChI=1S/C13H20F2O3Si/c1-4-18-19(16-2,17-3)9-5-6-11-7-8-12(14)10-13(11)15/h7-8,10H,4-6,9H2,1-3H3. The third-order valence-corrected chi connectivity index (χ3v) is 5.87. The van der Waals surface area contributed by atoms with Crippen molar-refractivity contribution in [3.63, 3.8) is 0 Å². The van der Waals surface area contributed by atoms with Gasteiger partial charge in [0.15, 0.2) is 0 Å². The summed E-state index contributed by atoms with van der Waals surface area (Å²) in [6.45, 7) is 2.39. The average molecular weight is 290 g/mol. The largest absolute Gasteiger partial charge is 0.500 e. The third-order valence-electron chi connectivity index (χ3n) is 2.93. The molecule has 0 saturated carbocycles. The van der Waals surface area contributed by atoms with Crippen LogP contribution in [0.3, 0.4) is 0 Å². The van der Waals surface area contributed by atoms with Gasteiger partial charge in [-0.05, 0) is 31.4 Å². The summed E-state index contributed by atoms with van der Waals surface area (Å²) in [6.07, 6.45) is 1.16. The summed E-state index contributed by atoms with van der Waals surface area (Å²) in [5.74, 6) is -1.08. The van der Waals surface area contributed by atoms with Gasteiger partial charge in [0, 0.05) is 32.9 Å². The Labute approximate surface area is 113 Å². The zero-order chi connectivity index (χ0) is 14.3. The van der Waals surface area contributed by atoms with Crippen LogP contribution in [-0.4, -0.2) is 29.6 Å². The first-order chi connectivity index (χ1) is 9.06. The van der Waals surface area contributed by atoms with E-state index in [2.05, 4.69) is 0 Å². The Hall–Kier alpha value is -0.823. The second kappa shape index (κ2) is 7.69. The average Bonchev–Trinajstić information content (AvgIpc) is 2.40. The molecule has 0 bridgehead atoms. The molecule has 0 fully saturated rings. The topological polar surface area (TPSA) is 27.7 Å². The SMILES string of the molecule is CCO[Si](CCCc1ccc(F)cc1F)(OC)OC. The Balaban J connectivity index is 2.56.